The van der Waals surface area contributed by atoms with Crippen LogP contribution in [-0.2, 0) is 12.1 Å². The van der Waals surface area contributed by atoms with Crippen molar-refractivity contribution < 1.29 is 18.6 Å². The third kappa shape index (κ3) is 5.66. The van der Waals surface area contributed by atoms with Crippen LogP contribution in [-0.4, -0.2) is 36.3 Å². The Morgan fingerprint density at radius 3 is 2.61 bits per heavy atom. The van der Waals surface area contributed by atoms with Crippen molar-refractivity contribution in [3.8, 4) is 22.9 Å². The lowest BCUT2D eigenvalue weighted by molar-refractivity contribution is 0.0739. The summed E-state index contributed by atoms with van der Waals surface area (Å²) in [4.78, 5) is 12.8. The number of ether oxygens (including phenoxy) is 1. The molecule has 2 N–H and O–H groups in total. The molecule has 0 aliphatic heterocycles. The first-order chi connectivity index (χ1) is 15.8. The zero-order valence-corrected chi connectivity index (χ0v) is 18.0. The summed E-state index contributed by atoms with van der Waals surface area (Å²) in [5, 5.41) is 17.4. The van der Waals surface area contributed by atoms with Crippen LogP contribution in [0.15, 0.2) is 67.3 Å². The number of halogens is 2. The number of aromatic nitrogens is 5. The van der Waals surface area contributed by atoms with Crippen LogP contribution in [0, 0.1) is 0 Å². The van der Waals surface area contributed by atoms with E-state index in [1.54, 1.807) is 74.9 Å². The van der Waals surface area contributed by atoms with E-state index >= 15 is 0 Å². The van der Waals surface area contributed by atoms with Crippen LogP contribution < -0.4 is 10.1 Å². The maximum absolute atomic E-state index is 12.9. The topological polar surface area (TPSA) is 98.0 Å². The second-order valence-electron chi connectivity index (χ2n) is 7.77. The molecule has 0 aliphatic carbocycles. The highest BCUT2D eigenvalue weighted by Crippen LogP contribution is 2.32. The Hall–Kier alpha value is -3.92. The van der Waals surface area contributed by atoms with Crippen molar-refractivity contribution in [2.45, 2.75) is 32.4 Å². The van der Waals surface area contributed by atoms with Crippen LogP contribution in [0.1, 0.15) is 19.5 Å². The van der Waals surface area contributed by atoms with E-state index in [1.165, 1.54) is 6.20 Å². The molecule has 0 saturated heterocycles. The normalized spacial score (nSPS) is 11.6. The van der Waals surface area contributed by atoms with Crippen molar-refractivity contribution in [2.24, 2.45) is 0 Å². The Kier molecular flexibility index (Phi) is 6.27. The van der Waals surface area contributed by atoms with Crippen molar-refractivity contribution in [1.29, 1.82) is 0 Å². The van der Waals surface area contributed by atoms with Gasteiger partial charge in [0.1, 0.15) is 23.7 Å². The van der Waals surface area contributed by atoms with Crippen molar-refractivity contribution in [3.05, 3.63) is 72.9 Å². The van der Waals surface area contributed by atoms with E-state index in [-0.39, 0.29) is 0 Å². The van der Waals surface area contributed by atoms with E-state index in [0.717, 1.165) is 4.68 Å². The number of nitrogens with zero attached hydrogens (tertiary/aromatic N) is 5. The zero-order chi connectivity index (χ0) is 23.4. The molecule has 0 aliphatic rings. The van der Waals surface area contributed by atoms with Crippen LogP contribution in [0.5, 0.6) is 11.5 Å². The van der Waals surface area contributed by atoms with E-state index < -0.39 is 18.6 Å². The smallest absolute Gasteiger partial charge is 0.257 e. The quantitative estimate of drug-likeness (QED) is 0.398. The molecule has 8 nitrogen and oxygen atoms in total. The molecule has 10 heteroatoms. The van der Waals surface area contributed by atoms with Gasteiger partial charge in [0.05, 0.1) is 29.5 Å². The highest BCUT2D eigenvalue weighted by atomic mass is 19.3. The summed E-state index contributed by atoms with van der Waals surface area (Å²) < 4.78 is 32.9. The minimum atomic E-state index is -2.55. The van der Waals surface area contributed by atoms with Crippen LogP contribution in [0.25, 0.3) is 11.4 Å². The molecule has 4 rings (SSSR count). The van der Waals surface area contributed by atoms with Crippen molar-refractivity contribution >= 4 is 11.5 Å². The Bertz CT molecular complexity index is 1210. The lowest BCUT2D eigenvalue weighted by atomic mass is 10.1. The second kappa shape index (κ2) is 9.29. The molecule has 0 saturated carbocycles. The lowest BCUT2D eigenvalue weighted by Crippen LogP contribution is -2.17. The summed E-state index contributed by atoms with van der Waals surface area (Å²) in [6.07, 6.45) is 3.61. The molecule has 0 aromatic carbocycles. The van der Waals surface area contributed by atoms with Gasteiger partial charge in [0.2, 0.25) is 0 Å². The molecule has 33 heavy (non-hydrogen) atoms. The Morgan fingerprint density at radius 1 is 1.09 bits per heavy atom. The van der Waals surface area contributed by atoms with Gasteiger partial charge in [0, 0.05) is 18.5 Å². The van der Waals surface area contributed by atoms with E-state index in [0.29, 0.717) is 40.1 Å². The number of nitrogens with one attached hydrogen (secondary N) is 1. The number of aliphatic hydroxyl groups is 1. The predicted octanol–water partition coefficient (Wildman–Crippen LogP) is 4.76. The van der Waals surface area contributed by atoms with Crippen molar-refractivity contribution in [3.63, 3.8) is 0 Å². The Balaban J connectivity index is 1.56. The predicted molar refractivity (Wildman–Crippen MR) is 119 cm³/mol. The lowest BCUT2D eigenvalue weighted by Gasteiger charge is -2.16. The fourth-order valence-corrected chi connectivity index (χ4v) is 3.04. The Labute approximate surface area is 188 Å². The molecule has 0 spiro atoms. The summed E-state index contributed by atoms with van der Waals surface area (Å²) in [6.45, 7) is 2.76. The minimum Gasteiger partial charge on any atom is -0.453 e. The van der Waals surface area contributed by atoms with E-state index in [9.17, 15) is 13.9 Å². The third-order valence-corrected chi connectivity index (χ3v) is 4.58. The standard InChI is InChI=1S/C23H22F2N6O2/c1-23(2,32)19-7-6-15(12-28-19)29-21-11-16(8-10-27-21)33-18-13-31(14-20(24)25)30-22(18)17-5-3-4-9-26-17/h3-13,20,32H,14H2,1-2H3,(H,27,29). The van der Waals surface area contributed by atoms with E-state index in [4.69, 9.17) is 4.74 Å². The number of alkyl halides is 2. The maximum Gasteiger partial charge on any atom is 0.257 e. The molecule has 0 atom stereocenters. The average Bonchev–Trinajstić information content (AvgIpc) is 3.15. The molecular weight excluding hydrogens is 430 g/mol. The number of hydrogen-bond acceptors (Lipinski definition) is 7. The van der Waals surface area contributed by atoms with Gasteiger partial charge >= 0.3 is 0 Å². The van der Waals surface area contributed by atoms with E-state index in [1.807, 2.05) is 0 Å². The number of pyridine rings is 3. The molecule has 0 bridgehead atoms. The minimum absolute atomic E-state index is 0.294. The molecule has 4 aromatic heterocycles. The fraction of sp³-hybridized carbons (Fsp3) is 0.217. The summed E-state index contributed by atoms with van der Waals surface area (Å²) >= 11 is 0. The maximum atomic E-state index is 12.9. The van der Waals surface area contributed by atoms with Gasteiger partial charge in [-0.25, -0.2) is 13.8 Å². The van der Waals surface area contributed by atoms with Crippen molar-refractivity contribution in [2.75, 3.05) is 5.32 Å². The van der Waals surface area contributed by atoms with Gasteiger partial charge in [-0.1, -0.05) is 6.07 Å². The first-order valence-electron chi connectivity index (χ1n) is 10.1. The monoisotopic (exact) mass is 452 g/mol. The number of anilines is 2. The Morgan fingerprint density at radius 2 is 1.94 bits per heavy atom. The fourth-order valence-electron chi connectivity index (χ4n) is 3.04. The summed E-state index contributed by atoms with van der Waals surface area (Å²) in [5.41, 5.74) is 1.04. The molecular formula is C23H22F2N6O2. The van der Waals surface area contributed by atoms with Gasteiger partial charge in [0.25, 0.3) is 6.43 Å². The van der Waals surface area contributed by atoms with Gasteiger partial charge in [0.15, 0.2) is 11.4 Å². The van der Waals surface area contributed by atoms with Gasteiger partial charge in [-0.3, -0.25) is 14.6 Å². The number of hydrogen-bond donors (Lipinski definition) is 2. The van der Waals surface area contributed by atoms with Gasteiger partial charge in [-0.05, 0) is 44.2 Å². The highest BCUT2D eigenvalue weighted by Gasteiger charge is 2.18. The van der Waals surface area contributed by atoms with Gasteiger partial charge in [-0.15, -0.1) is 0 Å². The summed E-state index contributed by atoms with van der Waals surface area (Å²) in [5.74, 6) is 1.22. The summed E-state index contributed by atoms with van der Waals surface area (Å²) in [7, 11) is 0. The van der Waals surface area contributed by atoms with Gasteiger partial charge in [-0.2, -0.15) is 5.10 Å². The number of rotatable bonds is 8. The second-order valence-corrected chi connectivity index (χ2v) is 7.77. The first kappa shape index (κ1) is 22.3. The third-order valence-electron chi connectivity index (χ3n) is 4.58. The summed E-state index contributed by atoms with van der Waals surface area (Å²) in [6, 6.07) is 12.1. The van der Waals surface area contributed by atoms with Crippen molar-refractivity contribution in [1.82, 2.24) is 24.7 Å². The van der Waals surface area contributed by atoms with Crippen LogP contribution >= 0.6 is 0 Å². The van der Waals surface area contributed by atoms with E-state index in [2.05, 4.69) is 25.4 Å². The molecule has 0 fully saturated rings. The van der Waals surface area contributed by atoms with Crippen LogP contribution in [0.4, 0.5) is 20.3 Å². The molecule has 4 aromatic rings. The molecule has 0 radical (unpaired) electrons. The zero-order valence-electron chi connectivity index (χ0n) is 18.0. The average molecular weight is 452 g/mol. The molecule has 4 heterocycles. The molecule has 170 valence electrons. The highest BCUT2D eigenvalue weighted by molar-refractivity contribution is 5.63. The molecule has 0 unspecified atom stereocenters. The molecule has 0 amide bonds. The van der Waals surface area contributed by atoms with Gasteiger partial charge < -0.3 is 15.2 Å². The van der Waals surface area contributed by atoms with Crippen LogP contribution in [0.2, 0.25) is 0 Å². The largest absolute Gasteiger partial charge is 0.453 e. The first-order valence-corrected chi connectivity index (χ1v) is 10.1. The SMILES string of the molecule is CC(C)(O)c1ccc(Nc2cc(Oc3cn(CC(F)F)nc3-c3ccccn3)ccn2)cn1. The van der Waals surface area contributed by atoms with Crippen LogP contribution in [0.3, 0.4) is 0 Å².